The molecule has 0 bridgehead atoms. The highest BCUT2D eigenvalue weighted by Gasteiger charge is 2.15. The summed E-state index contributed by atoms with van der Waals surface area (Å²) in [5.41, 5.74) is 1.02. The molecule has 0 radical (unpaired) electrons. The Morgan fingerprint density at radius 3 is 2.59 bits per heavy atom. The molecule has 5 nitrogen and oxygen atoms in total. The minimum absolute atomic E-state index is 0.344. The molecule has 1 atom stereocenters. The van der Waals surface area contributed by atoms with E-state index in [0.717, 1.165) is 18.1 Å². The standard InChI is InChI=1S/C15H23N3O2S2/c1-16-15(18-11-13-4-3-9-21-13)17-10-12-5-7-14(8-6-12)22(2,19)20/h5-8,13H,3-4,9-11H2,1-2H3,(H2,16,17,18). The van der Waals surface area contributed by atoms with Gasteiger partial charge in [-0.05, 0) is 36.3 Å². The van der Waals surface area contributed by atoms with Crippen molar-refractivity contribution in [1.29, 1.82) is 0 Å². The lowest BCUT2D eigenvalue weighted by Gasteiger charge is -2.15. The van der Waals surface area contributed by atoms with Gasteiger partial charge < -0.3 is 10.6 Å². The van der Waals surface area contributed by atoms with Gasteiger partial charge in [0.05, 0.1) is 4.90 Å². The normalized spacial score (nSPS) is 19.2. The topological polar surface area (TPSA) is 70.6 Å². The number of thioether (sulfide) groups is 1. The van der Waals surface area contributed by atoms with Crippen molar-refractivity contribution >= 4 is 27.6 Å². The summed E-state index contributed by atoms with van der Waals surface area (Å²) in [6.45, 7) is 1.54. The molecule has 22 heavy (non-hydrogen) atoms. The second-order valence-electron chi connectivity index (χ2n) is 5.36. The van der Waals surface area contributed by atoms with Gasteiger partial charge in [0.15, 0.2) is 15.8 Å². The van der Waals surface area contributed by atoms with Crippen molar-refractivity contribution < 1.29 is 8.42 Å². The molecule has 1 heterocycles. The summed E-state index contributed by atoms with van der Waals surface area (Å²) in [5.74, 6) is 2.03. The van der Waals surface area contributed by atoms with Crippen LogP contribution >= 0.6 is 11.8 Å². The summed E-state index contributed by atoms with van der Waals surface area (Å²) in [7, 11) is -1.38. The zero-order chi connectivity index (χ0) is 16.0. The van der Waals surface area contributed by atoms with E-state index < -0.39 is 9.84 Å². The molecule has 2 rings (SSSR count). The highest BCUT2D eigenvalue weighted by atomic mass is 32.2. The number of hydrogen-bond donors (Lipinski definition) is 2. The van der Waals surface area contributed by atoms with E-state index >= 15 is 0 Å². The molecular formula is C15H23N3O2S2. The van der Waals surface area contributed by atoms with E-state index in [9.17, 15) is 8.42 Å². The fourth-order valence-corrected chi connectivity index (χ4v) is 4.11. The number of benzene rings is 1. The van der Waals surface area contributed by atoms with E-state index in [1.165, 1.54) is 24.9 Å². The smallest absolute Gasteiger partial charge is 0.191 e. The molecule has 0 aromatic heterocycles. The SMILES string of the molecule is CN=C(NCc1ccc(S(C)(=O)=O)cc1)NCC1CCCS1. The zero-order valence-electron chi connectivity index (χ0n) is 13.0. The van der Waals surface area contributed by atoms with Crippen LogP contribution in [0.5, 0.6) is 0 Å². The first-order valence-corrected chi connectivity index (χ1v) is 10.3. The van der Waals surface area contributed by atoms with E-state index in [4.69, 9.17) is 0 Å². The molecule has 2 N–H and O–H groups in total. The Balaban J connectivity index is 1.82. The molecule has 1 unspecified atom stereocenters. The van der Waals surface area contributed by atoms with E-state index in [1.54, 1.807) is 19.2 Å². The zero-order valence-corrected chi connectivity index (χ0v) is 14.6. The molecule has 1 saturated heterocycles. The van der Waals surface area contributed by atoms with Crippen LogP contribution in [-0.2, 0) is 16.4 Å². The van der Waals surface area contributed by atoms with Gasteiger partial charge >= 0.3 is 0 Å². The molecule has 0 amide bonds. The van der Waals surface area contributed by atoms with Crippen molar-refractivity contribution in [2.45, 2.75) is 29.5 Å². The van der Waals surface area contributed by atoms with Crippen molar-refractivity contribution in [3.8, 4) is 0 Å². The van der Waals surface area contributed by atoms with Crippen LogP contribution in [0.25, 0.3) is 0 Å². The lowest BCUT2D eigenvalue weighted by atomic mass is 10.2. The maximum Gasteiger partial charge on any atom is 0.191 e. The van der Waals surface area contributed by atoms with Crippen LogP contribution in [0.1, 0.15) is 18.4 Å². The number of rotatable bonds is 5. The van der Waals surface area contributed by atoms with E-state index in [2.05, 4.69) is 15.6 Å². The summed E-state index contributed by atoms with van der Waals surface area (Å²) in [6, 6.07) is 6.92. The second-order valence-corrected chi connectivity index (χ2v) is 8.78. The quantitative estimate of drug-likeness (QED) is 0.629. The Hall–Kier alpha value is -1.21. The van der Waals surface area contributed by atoms with Crippen LogP contribution < -0.4 is 10.6 Å². The van der Waals surface area contributed by atoms with Gasteiger partial charge in [-0.3, -0.25) is 4.99 Å². The summed E-state index contributed by atoms with van der Waals surface area (Å²) in [4.78, 5) is 4.55. The molecule has 0 saturated carbocycles. The fraction of sp³-hybridized carbons (Fsp3) is 0.533. The molecule has 7 heteroatoms. The van der Waals surface area contributed by atoms with Gasteiger partial charge in [-0.2, -0.15) is 11.8 Å². The third kappa shape index (κ3) is 5.21. The lowest BCUT2D eigenvalue weighted by molar-refractivity contribution is 0.602. The molecule has 1 aliphatic rings. The number of nitrogens with one attached hydrogen (secondary N) is 2. The molecule has 0 spiro atoms. The predicted molar refractivity (Wildman–Crippen MR) is 93.2 cm³/mol. The minimum atomic E-state index is -3.13. The van der Waals surface area contributed by atoms with Gasteiger partial charge in [-0.1, -0.05) is 12.1 Å². The molecule has 122 valence electrons. The van der Waals surface area contributed by atoms with E-state index in [1.807, 2.05) is 23.9 Å². The van der Waals surface area contributed by atoms with Crippen LogP contribution in [-0.4, -0.2) is 45.2 Å². The Labute approximate surface area is 136 Å². The number of sulfone groups is 1. The van der Waals surface area contributed by atoms with Crippen molar-refractivity contribution in [1.82, 2.24) is 10.6 Å². The molecular weight excluding hydrogens is 318 g/mol. The van der Waals surface area contributed by atoms with Crippen molar-refractivity contribution in [2.75, 3.05) is 25.6 Å². The van der Waals surface area contributed by atoms with Crippen LogP contribution in [0, 0.1) is 0 Å². The van der Waals surface area contributed by atoms with E-state index in [-0.39, 0.29) is 0 Å². The number of hydrogen-bond acceptors (Lipinski definition) is 4. The molecule has 0 aliphatic carbocycles. The summed E-state index contributed by atoms with van der Waals surface area (Å²) < 4.78 is 22.8. The van der Waals surface area contributed by atoms with Gasteiger partial charge in [0.25, 0.3) is 0 Å². The first-order chi connectivity index (χ1) is 10.5. The molecule has 1 fully saturated rings. The van der Waals surface area contributed by atoms with Gasteiger partial charge in [-0.25, -0.2) is 8.42 Å². The number of aliphatic imine (C=N–C) groups is 1. The predicted octanol–water partition coefficient (Wildman–Crippen LogP) is 1.65. The van der Waals surface area contributed by atoms with Crippen LogP contribution in [0.2, 0.25) is 0 Å². The average Bonchev–Trinajstić information content (AvgIpc) is 3.00. The van der Waals surface area contributed by atoms with Crippen LogP contribution in [0.3, 0.4) is 0 Å². The van der Waals surface area contributed by atoms with Crippen LogP contribution in [0.4, 0.5) is 0 Å². The maximum absolute atomic E-state index is 11.4. The highest BCUT2D eigenvalue weighted by molar-refractivity contribution is 8.00. The summed E-state index contributed by atoms with van der Waals surface area (Å²) in [6.07, 6.45) is 3.78. The number of nitrogens with zero attached hydrogens (tertiary/aromatic N) is 1. The highest BCUT2D eigenvalue weighted by Crippen LogP contribution is 2.25. The number of guanidine groups is 1. The molecule has 1 aromatic carbocycles. The van der Waals surface area contributed by atoms with Gasteiger partial charge in [0.2, 0.25) is 0 Å². The summed E-state index contributed by atoms with van der Waals surface area (Å²) in [5, 5.41) is 7.26. The summed E-state index contributed by atoms with van der Waals surface area (Å²) >= 11 is 2.01. The first-order valence-electron chi connectivity index (χ1n) is 7.34. The van der Waals surface area contributed by atoms with Gasteiger partial charge in [-0.15, -0.1) is 0 Å². The largest absolute Gasteiger partial charge is 0.355 e. The van der Waals surface area contributed by atoms with Crippen molar-refractivity contribution in [3.63, 3.8) is 0 Å². The fourth-order valence-electron chi connectivity index (χ4n) is 2.28. The monoisotopic (exact) mass is 341 g/mol. The Morgan fingerprint density at radius 2 is 2.05 bits per heavy atom. The third-order valence-electron chi connectivity index (χ3n) is 3.56. The van der Waals surface area contributed by atoms with E-state index in [0.29, 0.717) is 16.7 Å². The molecule has 1 aliphatic heterocycles. The van der Waals surface area contributed by atoms with Gasteiger partial charge in [0, 0.05) is 31.6 Å². The lowest BCUT2D eigenvalue weighted by Crippen LogP contribution is -2.39. The van der Waals surface area contributed by atoms with Crippen LogP contribution in [0.15, 0.2) is 34.2 Å². The third-order valence-corrected chi connectivity index (χ3v) is 6.08. The molecule has 1 aromatic rings. The maximum atomic E-state index is 11.4. The second kappa shape index (κ2) is 7.87. The first kappa shape index (κ1) is 17.1. The van der Waals surface area contributed by atoms with Crippen molar-refractivity contribution in [2.24, 2.45) is 4.99 Å². The van der Waals surface area contributed by atoms with Crippen molar-refractivity contribution in [3.05, 3.63) is 29.8 Å². The average molecular weight is 342 g/mol. The van der Waals surface area contributed by atoms with Gasteiger partial charge in [0.1, 0.15) is 0 Å². The Morgan fingerprint density at radius 1 is 1.32 bits per heavy atom. The Kier molecular flexibility index (Phi) is 6.14. The Bertz CT molecular complexity index is 606. The minimum Gasteiger partial charge on any atom is -0.355 e.